The molecular weight excluding hydrogens is 308 g/mol. The van der Waals surface area contributed by atoms with E-state index in [0.29, 0.717) is 6.10 Å². The van der Waals surface area contributed by atoms with Crippen molar-refractivity contribution in [1.29, 1.82) is 0 Å². The van der Waals surface area contributed by atoms with E-state index >= 15 is 0 Å². The lowest BCUT2D eigenvalue weighted by atomic mass is 10.1. The zero-order chi connectivity index (χ0) is 13.9. The van der Waals surface area contributed by atoms with Crippen LogP contribution in [0.3, 0.4) is 0 Å². The van der Waals surface area contributed by atoms with E-state index in [9.17, 15) is 0 Å². The zero-order valence-corrected chi connectivity index (χ0v) is 14.9. The molecule has 1 unspecified atom stereocenters. The van der Waals surface area contributed by atoms with Gasteiger partial charge in [-0.2, -0.15) is 12.6 Å². The van der Waals surface area contributed by atoms with Crippen LogP contribution in [0.5, 0.6) is 0 Å². The van der Waals surface area contributed by atoms with Crippen LogP contribution >= 0.6 is 28.6 Å². The molecule has 0 aliphatic carbocycles. The predicted molar refractivity (Wildman–Crippen MR) is 89.2 cm³/mol. The molecule has 0 fully saturated rings. The number of hydrogen-bond acceptors (Lipinski definition) is 2. The van der Waals surface area contributed by atoms with Crippen LogP contribution in [-0.4, -0.2) is 22.8 Å². The second kappa shape index (κ2) is 11.6. The Morgan fingerprint density at radius 1 is 1.06 bits per heavy atom. The van der Waals surface area contributed by atoms with Crippen molar-refractivity contribution in [3.05, 3.63) is 0 Å². The van der Waals surface area contributed by atoms with E-state index in [2.05, 4.69) is 49.3 Å². The molecule has 0 saturated heterocycles. The van der Waals surface area contributed by atoms with E-state index in [4.69, 9.17) is 4.74 Å². The third-order valence-corrected chi connectivity index (χ3v) is 3.63. The fraction of sp³-hybridized carbons (Fsp3) is 1.00. The molecule has 110 valence electrons. The fourth-order valence-electron chi connectivity index (χ4n) is 1.87. The van der Waals surface area contributed by atoms with Crippen molar-refractivity contribution >= 4 is 28.6 Å². The highest BCUT2D eigenvalue weighted by Gasteiger charge is 2.16. The van der Waals surface area contributed by atoms with Gasteiger partial charge < -0.3 is 4.74 Å². The zero-order valence-electron chi connectivity index (χ0n) is 12.4. The summed E-state index contributed by atoms with van der Waals surface area (Å²) >= 11 is 7.98. The average Bonchev–Trinajstić information content (AvgIpc) is 2.30. The highest BCUT2D eigenvalue weighted by molar-refractivity contribution is 9.10. The summed E-state index contributed by atoms with van der Waals surface area (Å²) in [5.74, 6) is 0.832. The molecule has 0 aromatic heterocycles. The molecule has 3 heteroatoms. The summed E-state index contributed by atoms with van der Waals surface area (Å²) in [7, 11) is 0. The summed E-state index contributed by atoms with van der Waals surface area (Å²) in [4.78, 5) is 0. The van der Waals surface area contributed by atoms with Gasteiger partial charge in [0.25, 0.3) is 0 Å². The van der Waals surface area contributed by atoms with E-state index in [1.54, 1.807) is 0 Å². The van der Waals surface area contributed by atoms with Gasteiger partial charge in [-0.25, -0.2) is 0 Å². The molecule has 0 aromatic carbocycles. The number of alkyl halides is 1. The van der Waals surface area contributed by atoms with Crippen LogP contribution in [0.4, 0.5) is 0 Å². The highest BCUT2D eigenvalue weighted by atomic mass is 79.9. The van der Waals surface area contributed by atoms with Crippen molar-refractivity contribution in [3.8, 4) is 0 Å². The van der Waals surface area contributed by atoms with Crippen LogP contribution in [-0.2, 0) is 4.74 Å². The molecule has 1 nitrogen and oxygen atoms in total. The highest BCUT2D eigenvalue weighted by Crippen LogP contribution is 2.18. The van der Waals surface area contributed by atoms with E-state index in [0.717, 1.165) is 18.8 Å². The van der Waals surface area contributed by atoms with Gasteiger partial charge in [0.2, 0.25) is 0 Å². The van der Waals surface area contributed by atoms with Gasteiger partial charge in [0.15, 0.2) is 0 Å². The van der Waals surface area contributed by atoms with Gasteiger partial charge in [0.05, 0.1) is 12.7 Å². The molecule has 0 amide bonds. The fourth-order valence-corrected chi connectivity index (χ4v) is 2.29. The summed E-state index contributed by atoms with van der Waals surface area (Å²) in [5.41, 5.74) is 0. The number of halogens is 1. The molecule has 0 saturated carbocycles. The lowest BCUT2D eigenvalue weighted by Gasteiger charge is -2.21. The largest absolute Gasteiger partial charge is 0.376 e. The van der Waals surface area contributed by atoms with E-state index in [1.807, 2.05) is 0 Å². The van der Waals surface area contributed by atoms with E-state index < -0.39 is 0 Å². The maximum atomic E-state index is 5.88. The normalized spacial score (nSPS) is 13.8. The first-order valence-electron chi connectivity index (χ1n) is 7.41. The van der Waals surface area contributed by atoms with E-state index in [-0.39, 0.29) is 4.32 Å². The number of thiol groups is 1. The van der Waals surface area contributed by atoms with Gasteiger partial charge in [-0.15, -0.1) is 0 Å². The first kappa shape index (κ1) is 18.8. The molecule has 0 spiro atoms. The molecule has 1 atom stereocenters. The Hall–Kier alpha value is 0.790. The molecule has 0 aliphatic heterocycles. The minimum absolute atomic E-state index is 0.0777. The maximum Gasteiger partial charge on any atom is 0.0663 e. The first-order chi connectivity index (χ1) is 8.49. The second-order valence-electron chi connectivity index (χ2n) is 5.74. The molecule has 0 rings (SSSR count). The minimum atomic E-state index is 0.0777. The summed E-state index contributed by atoms with van der Waals surface area (Å²) in [6.45, 7) is 7.29. The standard InChI is InChI=1S/C15H31BrOS/c1-4-5-6-7-8-9-10-11-14(12-18)17-13-15(2,3)16/h14,18H,4-13H2,1-3H3. The lowest BCUT2D eigenvalue weighted by Crippen LogP contribution is -2.25. The van der Waals surface area contributed by atoms with Crippen LogP contribution in [0.1, 0.15) is 72.1 Å². The number of ether oxygens (including phenoxy) is 1. The topological polar surface area (TPSA) is 9.23 Å². The molecule has 0 N–H and O–H groups in total. The van der Waals surface area contributed by atoms with Crippen LogP contribution in [0.15, 0.2) is 0 Å². The lowest BCUT2D eigenvalue weighted by molar-refractivity contribution is 0.0524. The van der Waals surface area contributed by atoms with Crippen LogP contribution in [0.2, 0.25) is 0 Å². The Morgan fingerprint density at radius 2 is 1.61 bits per heavy atom. The smallest absolute Gasteiger partial charge is 0.0663 e. The van der Waals surface area contributed by atoms with Gasteiger partial charge in [-0.1, -0.05) is 67.8 Å². The molecule has 0 aromatic rings. The Bertz CT molecular complexity index is 180. The van der Waals surface area contributed by atoms with Crippen molar-refractivity contribution in [2.24, 2.45) is 0 Å². The Morgan fingerprint density at radius 3 is 2.11 bits per heavy atom. The van der Waals surface area contributed by atoms with Crippen molar-refractivity contribution in [2.45, 2.75) is 82.6 Å². The van der Waals surface area contributed by atoms with Crippen molar-refractivity contribution in [3.63, 3.8) is 0 Å². The Balaban J connectivity index is 3.44. The quantitative estimate of drug-likeness (QED) is 0.276. The Kier molecular flexibility index (Phi) is 12.1. The first-order valence-corrected chi connectivity index (χ1v) is 8.83. The third kappa shape index (κ3) is 13.2. The second-order valence-corrected chi connectivity index (χ2v) is 8.26. The monoisotopic (exact) mass is 338 g/mol. The predicted octanol–water partition coefficient (Wildman–Crippen LogP) is 5.62. The number of hydrogen-bond donors (Lipinski definition) is 1. The number of unbranched alkanes of at least 4 members (excludes halogenated alkanes) is 6. The van der Waals surface area contributed by atoms with Gasteiger partial charge >= 0.3 is 0 Å². The van der Waals surface area contributed by atoms with Crippen molar-refractivity contribution in [1.82, 2.24) is 0 Å². The summed E-state index contributed by atoms with van der Waals surface area (Å²) in [6, 6.07) is 0. The molecule has 0 aliphatic rings. The van der Waals surface area contributed by atoms with Gasteiger partial charge in [0, 0.05) is 10.1 Å². The maximum absolute atomic E-state index is 5.88. The van der Waals surface area contributed by atoms with E-state index in [1.165, 1.54) is 44.9 Å². The van der Waals surface area contributed by atoms with Crippen LogP contribution in [0, 0.1) is 0 Å². The van der Waals surface area contributed by atoms with Gasteiger partial charge in [-0.3, -0.25) is 0 Å². The van der Waals surface area contributed by atoms with Crippen molar-refractivity contribution in [2.75, 3.05) is 12.4 Å². The van der Waals surface area contributed by atoms with Crippen LogP contribution in [0.25, 0.3) is 0 Å². The summed E-state index contributed by atoms with van der Waals surface area (Å²) < 4.78 is 5.96. The molecule has 0 radical (unpaired) electrons. The average molecular weight is 339 g/mol. The van der Waals surface area contributed by atoms with Crippen LogP contribution < -0.4 is 0 Å². The van der Waals surface area contributed by atoms with Gasteiger partial charge in [-0.05, 0) is 20.3 Å². The van der Waals surface area contributed by atoms with Gasteiger partial charge in [0.1, 0.15) is 0 Å². The Labute approximate surface area is 128 Å². The molecule has 0 heterocycles. The third-order valence-electron chi connectivity index (χ3n) is 3.00. The van der Waals surface area contributed by atoms with Crippen molar-refractivity contribution < 1.29 is 4.74 Å². The molecular formula is C15H31BrOS. The SMILES string of the molecule is CCCCCCCCCC(CS)OCC(C)(C)Br. The minimum Gasteiger partial charge on any atom is -0.376 e. The summed E-state index contributed by atoms with van der Waals surface area (Å²) in [5, 5.41) is 0. The summed E-state index contributed by atoms with van der Waals surface area (Å²) in [6.07, 6.45) is 11.0. The molecule has 18 heavy (non-hydrogen) atoms. The molecule has 0 bridgehead atoms. The number of rotatable bonds is 12.